The highest BCUT2D eigenvalue weighted by Crippen LogP contribution is 2.29. The highest BCUT2D eigenvalue weighted by atomic mass is 16.5. The lowest BCUT2D eigenvalue weighted by Crippen LogP contribution is -2.24. The SMILES string of the molecule is C/C=C/c1ccc(OCCCCn2c(-c3ccc(OC)cc3)nc3ccccc3c2=O)c(OC)c1. The maximum Gasteiger partial charge on any atom is 0.261 e. The number of ether oxygens (including phenoxy) is 3. The number of hydrogen-bond donors (Lipinski definition) is 0. The van der Waals surface area contributed by atoms with Gasteiger partial charge < -0.3 is 14.2 Å². The van der Waals surface area contributed by atoms with Crippen LogP contribution in [0.2, 0.25) is 0 Å². The second kappa shape index (κ2) is 11.4. The van der Waals surface area contributed by atoms with Gasteiger partial charge in [-0.1, -0.05) is 30.4 Å². The highest BCUT2D eigenvalue weighted by Gasteiger charge is 2.13. The van der Waals surface area contributed by atoms with E-state index in [0.29, 0.717) is 41.4 Å². The third-order valence-corrected chi connectivity index (χ3v) is 5.79. The van der Waals surface area contributed by atoms with Gasteiger partial charge in [-0.3, -0.25) is 9.36 Å². The molecule has 1 heterocycles. The quantitative estimate of drug-likeness (QED) is 0.267. The Morgan fingerprint density at radius 1 is 0.914 bits per heavy atom. The molecule has 0 N–H and O–H groups in total. The van der Waals surface area contributed by atoms with Gasteiger partial charge in [0.2, 0.25) is 0 Å². The predicted molar refractivity (Wildman–Crippen MR) is 140 cm³/mol. The molecule has 0 aliphatic carbocycles. The third-order valence-electron chi connectivity index (χ3n) is 5.79. The van der Waals surface area contributed by atoms with E-state index in [9.17, 15) is 4.79 Å². The Balaban J connectivity index is 1.50. The fourth-order valence-electron chi connectivity index (χ4n) is 3.99. The van der Waals surface area contributed by atoms with Crippen LogP contribution >= 0.6 is 0 Å². The van der Waals surface area contributed by atoms with Crippen LogP contribution in [0, 0.1) is 0 Å². The fourth-order valence-corrected chi connectivity index (χ4v) is 3.99. The van der Waals surface area contributed by atoms with E-state index in [0.717, 1.165) is 29.7 Å². The number of para-hydroxylation sites is 1. The number of benzene rings is 3. The lowest BCUT2D eigenvalue weighted by Gasteiger charge is -2.15. The number of unbranched alkanes of at least 4 members (excludes halogenated alkanes) is 1. The van der Waals surface area contributed by atoms with Crippen LogP contribution in [0.5, 0.6) is 17.2 Å². The van der Waals surface area contributed by atoms with Gasteiger partial charge in [0, 0.05) is 12.1 Å². The van der Waals surface area contributed by atoms with E-state index in [1.807, 2.05) is 85.8 Å². The molecular weight excluding hydrogens is 440 g/mol. The summed E-state index contributed by atoms with van der Waals surface area (Å²) in [4.78, 5) is 18.2. The van der Waals surface area contributed by atoms with E-state index < -0.39 is 0 Å². The van der Waals surface area contributed by atoms with E-state index in [-0.39, 0.29) is 5.56 Å². The summed E-state index contributed by atoms with van der Waals surface area (Å²) in [7, 11) is 3.27. The summed E-state index contributed by atoms with van der Waals surface area (Å²) in [6.07, 6.45) is 5.55. The van der Waals surface area contributed by atoms with Gasteiger partial charge in [0.25, 0.3) is 5.56 Å². The van der Waals surface area contributed by atoms with Crippen molar-refractivity contribution in [2.24, 2.45) is 0 Å². The summed E-state index contributed by atoms with van der Waals surface area (Å²) in [6, 6.07) is 21.0. The van der Waals surface area contributed by atoms with Crippen LogP contribution in [0.1, 0.15) is 25.3 Å². The monoisotopic (exact) mass is 470 g/mol. The molecule has 1 aromatic heterocycles. The molecule has 180 valence electrons. The zero-order valence-corrected chi connectivity index (χ0v) is 20.4. The number of fused-ring (bicyclic) bond motifs is 1. The first-order chi connectivity index (χ1) is 17.1. The van der Waals surface area contributed by atoms with E-state index >= 15 is 0 Å². The molecule has 0 atom stereocenters. The molecule has 4 aromatic rings. The second-order valence-electron chi connectivity index (χ2n) is 8.10. The smallest absolute Gasteiger partial charge is 0.261 e. The molecule has 0 spiro atoms. The molecule has 6 heteroatoms. The first-order valence-electron chi connectivity index (χ1n) is 11.7. The van der Waals surface area contributed by atoms with Crippen molar-refractivity contribution in [1.29, 1.82) is 0 Å². The number of rotatable bonds is 10. The van der Waals surface area contributed by atoms with Crippen LogP contribution in [0.25, 0.3) is 28.4 Å². The van der Waals surface area contributed by atoms with E-state index in [1.165, 1.54) is 0 Å². The summed E-state index contributed by atoms with van der Waals surface area (Å²) in [5.41, 5.74) is 2.58. The summed E-state index contributed by atoms with van der Waals surface area (Å²) in [6.45, 7) is 3.04. The standard InChI is InChI=1S/C29H30N2O4/c1-4-9-21-12-17-26(27(20-21)34-3)35-19-8-7-18-31-28(22-13-15-23(33-2)16-14-22)30-25-11-6-5-10-24(25)29(31)32/h4-6,9-17,20H,7-8,18-19H2,1-3H3/b9-4+. The molecule has 0 saturated heterocycles. The maximum absolute atomic E-state index is 13.3. The third kappa shape index (κ3) is 5.54. The van der Waals surface area contributed by atoms with Crippen molar-refractivity contribution in [2.45, 2.75) is 26.3 Å². The van der Waals surface area contributed by atoms with Gasteiger partial charge in [0.05, 0.1) is 31.7 Å². The first kappa shape index (κ1) is 24.1. The van der Waals surface area contributed by atoms with Gasteiger partial charge in [-0.25, -0.2) is 4.98 Å². The van der Waals surface area contributed by atoms with Crippen LogP contribution in [0.4, 0.5) is 0 Å². The van der Waals surface area contributed by atoms with Crippen molar-refractivity contribution in [1.82, 2.24) is 9.55 Å². The van der Waals surface area contributed by atoms with Crippen molar-refractivity contribution in [3.8, 4) is 28.6 Å². The van der Waals surface area contributed by atoms with Crippen molar-refractivity contribution >= 4 is 17.0 Å². The highest BCUT2D eigenvalue weighted by molar-refractivity contribution is 5.79. The molecule has 0 aliphatic heterocycles. The number of methoxy groups -OCH3 is 2. The molecule has 6 nitrogen and oxygen atoms in total. The molecular formula is C29H30N2O4. The van der Waals surface area contributed by atoms with E-state index in [4.69, 9.17) is 19.2 Å². The zero-order valence-electron chi connectivity index (χ0n) is 20.4. The minimum Gasteiger partial charge on any atom is -0.497 e. The number of aromatic nitrogens is 2. The Hall–Kier alpha value is -4.06. The van der Waals surface area contributed by atoms with Crippen LogP contribution in [0.3, 0.4) is 0 Å². The summed E-state index contributed by atoms with van der Waals surface area (Å²) < 4.78 is 18.5. The molecule has 35 heavy (non-hydrogen) atoms. The molecule has 0 bridgehead atoms. The number of hydrogen-bond acceptors (Lipinski definition) is 5. The molecule has 0 unspecified atom stereocenters. The van der Waals surface area contributed by atoms with Gasteiger partial charge in [-0.15, -0.1) is 0 Å². The summed E-state index contributed by atoms with van der Waals surface area (Å²) >= 11 is 0. The fraction of sp³-hybridized carbons (Fsp3) is 0.241. The van der Waals surface area contributed by atoms with Crippen LogP contribution in [0.15, 0.2) is 77.6 Å². The minimum atomic E-state index is -0.0384. The Labute approximate surface area is 205 Å². The first-order valence-corrected chi connectivity index (χ1v) is 11.7. The maximum atomic E-state index is 13.3. The topological polar surface area (TPSA) is 62.6 Å². The molecule has 0 amide bonds. The van der Waals surface area contributed by atoms with Crippen molar-refractivity contribution < 1.29 is 14.2 Å². The predicted octanol–water partition coefficient (Wildman–Crippen LogP) is 5.97. The van der Waals surface area contributed by atoms with E-state index in [2.05, 4.69) is 0 Å². The molecule has 4 rings (SSSR count). The molecule has 0 aliphatic rings. The van der Waals surface area contributed by atoms with Gasteiger partial charge in [0.1, 0.15) is 11.6 Å². The summed E-state index contributed by atoms with van der Waals surface area (Å²) in [5, 5.41) is 0.618. The molecule has 3 aromatic carbocycles. The second-order valence-corrected chi connectivity index (χ2v) is 8.10. The van der Waals surface area contributed by atoms with Gasteiger partial charge >= 0.3 is 0 Å². The number of nitrogens with zero attached hydrogens (tertiary/aromatic N) is 2. The van der Waals surface area contributed by atoms with Crippen molar-refractivity contribution in [3.05, 3.63) is 88.7 Å². The Morgan fingerprint density at radius 2 is 1.71 bits per heavy atom. The lowest BCUT2D eigenvalue weighted by molar-refractivity contribution is 0.283. The van der Waals surface area contributed by atoms with Gasteiger partial charge in [0.15, 0.2) is 11.5 Å². The average Bonchev–Trinajstić information content (AvgIpc) is 2.90. The minimum absolute atomic E-state index is 0.0384. The largest absolute Gasteiger partial charge is 0.497 e. The lowest BCUT2D eigenvalue weighted by atomic mass is 10.1. The van der Waals surface area contributed by atoms with Crippen LogP contribution < -0.4 is 19.8 Å². The van der Waals surface area contributed by atoms with Gasteiger partial charge in [-0.05, 0) is 73.9 Å². The average molecular weight is 471 g/mol. The molecule has 0 saturated carbocycles. The van der Waals surface area contributed by atoms with Gasteiger partial charge in [-0.2, -0.15) is 0 Å². The summed E-state index contributed by atoms with van der Waals surface area (Å²) in [5.74, 6) is 2.83. The normalized spacial score (nSPS) is 11.2. The Morgan fingerprint density at radius 3 is 2.46 bits per heavy atom. The zero-order chi connectivity index (χ0) is 24.6. The van der Waals surface area contributed by atoms with E-state index in [1.54, 1.807) is 18.8 Å². The Bertz CT molecular complexity index is 1370. The van der Waals surface area contributed by atoms with Crippen LogP contribution in [-0.2, 0) is 6.54 Å². The van der Waals surface area contributed by atoms with Crippen molar-refractivity contribution in [3.63, 3.8) is 0 Å². The molecule has 0 fully saturated rings. The number of allylic oxidation sites excluding steroid dienone is 1. The van der Waals surface area contributed by atoms with Crippen LogP contribution in [-0.4, -0.2) is 30.4 Å². The van der Waals surface area contributed by atoms with Crippen molar-refractivity contribution in [2.75, 3.05) is 20.8 Å². The molecule has 0 radical (unpaired) electrons. The Kier molecular flexibility index (Phi) is 7.83.